The van der Waals surface area contributed by atoms with E-state index in [9.17, 15) is 4.79 Å². The highest BCUT2D eigenvalue weighted by molar-refractivity contribution is 6.29. The number of esters is 1. The van der Waals surface area contributed by atoms with Gasteiger partial charge in [-0.2, -0.15) is 0 Å². The van der Waals surface area contributed by atoms with Gasteiger partial charge in [-0.05, 0) is 24.5 Å². The van der Waals surface area contributed by atoms with Crippen molar-refractivity contribution in [3.63, 3.8) is 0 Å². The molecule has 0 aromatic carbocycles. The first kappa shape index (κ1) is 16.9. The van der Waals surface area contributed by atoms with Crippen LogP contribution in [-0.4, -0.2) is 30.8 Å². The fourth-order valence-electron chi connectivity index (χ4n) is 1.56. The average Bonchev–Trinajstić information content (AvgIpc) is 2.41. The van der Waals surface area contributed by atoms with Gasteiger partial charge in [0.2, 0.25) is 0 Å². The summed E-state index contributed by atoms with van der Waals surface area (Å²) in [7, 11) is 0. The second-order valence-corrected chi connectivity index (χ2v) is 5.25. The molecule has 0 saturated carbocycles. The molecule has 0 aliphatic rings. The number of hydrogen-bond acceptors (Lipinski definition) is 4. The van der Waals surface area contributed by atoms with Gasteiger partial charge in [0, 0.05) is 12.3 Å². The van der Waals surface area contributed by atoms with E-state index in [2.05, 4.69) is 11.9 Å². The van der Waals surface area contributed by atoms with E-state index in [1.165, 1.54) is 6.07 Å². The number of carbonyl (C=O) groups is 1. The maximum Gasteiger partial charge on any atom is 0.338 e. The third-order valence-corrected chi connectivity index (χ3v) is 2.94. The topological polar surface area (TPSA) is 48.4 Å². The zero-order valence-electron chi connectivity index (χ0n) is 12.3. The third-order valence-electron chi connectivity index (χ3n) is 2.74. The molecule has 20 heavy (non-hydrogen) atoms. The molecule has 0 bridgehead atoms. The van der Waals surface area contributed by atoms with Crippen molar-refractivity contribution in [2.75, 3.05) is 19.8 Å². The smallest absolute Gasteiger partial charge is 0.338 e. The molecule has 0 atom stereocenters. The Morgan fingerprint density at radius 3 is 2.70 bits per heavy atom. The van der Waals surface area contributed by atoms with Gasteiger partial charge in [-0.15, -0.1) is 0 Å². The predicted octanol–water partition coefficient (Wildman–Crippen LogP) is 3.83. The van der Waals surface area contributed by atoms with Crippen LogP contribution >= 0.6 is 11.6 Å². The van der Waals surface area contributed by atoms with Crippen molar-refractivity contribution < 1.29 is 14.3 Å². The molecular formula is C15H22ClNO3. The van der Waals surface area contributed by atoms with Crippen LogP contribution in [0.15, 0.2) is 12.1 Å². The van der Waals surface area contributed by atoms with Crippen LogP contribution in [0.3, 0.4) is 0 Å². The van der Waals surface area contributed by atoms with E-state index in [0.717, 1.165) is 18.5 Å². The predicted molar refractivity (Wildman–Crippen MR) is 79.3 cm³/mol. The molecule has 0 spiro atoms. The first-order valence-electron chi connectivity index (χ1n) is 6.97. The lowest BCUT2D eigenvalue weighted by Crippen LogP contribution is -2.12. The first-order chi connectivity index (χ1) is 9.54. The van der Waals surface area contributed by atoms with Gasteiger partial charge in [0.1, 0.15) is 11.8 Å². The summed E-state index contributed by atoms with van der Waals surface area (Å²) in [5.74, 6) is -0.187. The molecule has 0 unspecified atom stereocenters. The van der Waals surface area contributed by atoms with Crippen molar-refractivity contribution >= 4 is 17.6 Å². The first-order valence-corrected chi connectivity index (χ1v) is 7.34. The van der Waals surface area contributed by atoms with E-state index in [4.69, 9.17) is 21.1 Å². The number of carbonyl (C=O) groups excluding carboxylic acids is 1. The van der Waals surface area contributed by atoms with Crippen molar-refractivity contribution in [1.82, 2.24) is 4.98 Å². The second kappa shape index (κ2) is 8.93. The van der Waals surface area contributed by atoms with Crippen molar-refractivity contribution in [2.45, 2.75) is 39.5 Å². The molecule has 0 saturated heterocycles. The Morgan fingerprint density at radius 2 is 2.05 bits per heavy atom. The Balaban J connectivity index is 2.47. The van der Waals surface area contributed by atoms with Gasteiger partial charge in [0.25, 0.3) is 0 Å². The number of halogens is 1. The highest BCUT2D eigenvalue weighted by atomic mass is 35.5. The normalized spacial score (nSPS) is 10.8. The van der Waals surface area contributed by atoms with E-state index >= 15 is 0 Å². The summed E-state index contributed by atoms with van der Waals surface area (Å²) in [6.07, 6.45) is 2.11. The van der Waals surface area contributed by atoms with Crippen LogP contribution in [0, 0.1) is 0 Å². The fourth-order valence-corrected chi connectivity index (χ4v) is 1.77. The summed E-state index contributed by atoms with van der Waals surface area (Å²) in [5, 5.41) is 0.308. The average molecular weight is 300 g/mol. The van der Waals surface area contributed by atoms with Crippen molar-refractivity contribution in [2.24, 2.45) is 0 Å². The molecule has 1 aromatic heterocycles. The van der Waals surface area contributed by atoms with Crippen LogP contribution in [0.2, 0.25) is 5.15 Å². The van der Waals surface area contributed by atoms with Crippen molar-refractivity contribution in [3.8, 4) is 0 Å². The van der Waals surface area contributed by atoms with Crippen LogP contribution in [-0.2, 0) is 9.47 Å². The van der Waals surface area contributed by atoms with Gasteiger partial charge >= 0.3 is 5.97 Å². The van der Waals surface area contributed by atoms with Gasteiger partial charge in [-0.1, -0.05) is 38.8 Å². The second-order valence-electron chi connectivity index (χ2n) is 4.86. The summed E-state index contributed by atoms with van der Waals surface area (Å²) in [5.41, 5.74) is 1.21. The van der Waals surface area contributed by atoms with Gasteiger partial charge in [0.05, 0.1) is 12.2 Å². The van der Waals surface area contributed by atoms with E-state index in [1.807, 2.05) is 13.8 Å². The quantitative estimate of drug-likeness (QED) is 0.416. The minimum atomic E-state index is -0.393. The molecule has 0 amide bonds. The summed E-state index contributed by atoms with van der Waals surface area (Å²) in [4.78, 5) is 16.1. The highest BCUT2D eigenvalue weighted by Gasteiger charge is 2.12. The summed E-state index contributed by atoms with van der Waals surface area (Å²) in [6, 6.07) is 3.24. The van der Waals surface area contributed by atoms with Crippen LogP contribution in [0.5, 0.6) is 0 Å². The van der Waals surface area contributed by atoms with Crippen LogP contribution in [0.1, 0.15) is 55.6 Å². The van der Waals surface area contributed by atoms with Crippen molar-refractivity contribution in [1.29, 1.82) is 0 Å². The van der Waals surface area contributed by atoms with Gasteiger partial charge in [-0.25, -0.2) is 9.78 Å². The fraction of sp³-hybridized carbons (Fsp3) is 0.600. The maximum absolute atomic E-state index is 11.9. The molecule has 112 valence electrons. The molecular weight excluding hydrogens is 278 g/mol. The third kappa shape index (κ3) is 5.88. The lowest BCUT2D eigenvalue weighted by Gasteiger charge is -2.09. The molecule has 0 fully saturated rings. The van der Waals surface area contributed by atoms with Crippen LogP contribution in [0.4, 0.5) is 0 Å². The monoisotopic (exact) mass is 299 g/mol. The molecule has 0 aliphatic heterocycles. The number of pyridine rings is 1. The molecule has 1 rings (SSSR count). The van der Waals surface area contributed by atoms with Gasteiger partial charge in [0.15, 0.2) is 0 Å². The Morgan fingerprint density at radius 1 is 1.30 bits per heavy atom. The van der Waals surface area contributed by atoms with Crippen molar-refractivity contribution in [3.05, 3.63) is 28.5 Å². The Hall–Kier alpha value is -1.13. The lowest BCUT2D eigenvalue weighted by atomic mass is 10.1. The SMILES string of the molecule is CCCCOCCOC(=O)c1cc(Cl)nc(C(C)C)c1. The summed E-state index contributed by atoms with van der Waals surface area (Å²) >= 11 is 5.91. The molecule has 0 aliphatic carbocycles. The molecule has 1 heterocycles. The van der Waals surface area contributed by atoms with Crippen LogP contribution < -0.4 is 0 Å². The molecule has 4 nitrogen and oxygen atoms in total. The van der Waals surface area contributed by atoms with E-state index in [0.29, 0.717) is 23.9 Å². The summed E-state index contributed by atoms with van der Waals surface area (Å²) < 4.78 is 10.5. The Bertz CT molecular complexity index is 435. The van der Waals surface area contributed by atoms with Gasteiger partial charge in [-0.3, -0.25) is 0 Å². The molecule has 0 N–H and O–H groups in total. The zero-order valence-corrected chi connectivity index (χ0v) is 13.1. The number of hydrogen-bond donors (Lipinski definition) is 0. The Kier molecular flexibility index (Phi) is 7.55. The Labute approximate surface area is 125 Å². The molecule has 5 heteroatoms. The standard InChI is InChI=1S/C15H22ClNO3/c1-4-5-6-19-7-8-20-15(18)12-9-13(11(2)3)17-14(16)10-12/h9-11H,4-8H2,1-3H3. The number of aromatic nitrogens is 1. The minimum absolute atomic E-state index is 0.206. The van der Waals surface area contributed by atoms with Gasteiger partial charge < -0.3 is 9.47 Å². The minimum Gasteiger partial charge on any atom is -0.460 e. The summed E-state index contributed by atoms with van der Waals surface area (Å²) in [6.45, 7) is 7.46. The largest absolute Gasteiger partial charge is 0.460 e. The highest BCUT2D eigenvalue weighted by Crippen LogP contribution is 2.18. The van der Waals surface area contributed by atoms with Crippen LogP contribution in [0.25, 0.3) is 0 Å². The zero-order chi connectivity index (χ0) is 15.0. The number of unbranched alkanes of at least 4 members (excludes halogenated alkanes) is 1. The van der Waals surface area contributed by atoms with E-state index in [-0.39, 0.29) is 12.5 Å². The maximum atomic E-state index is 11.9. The van der Waals surface area contributed by atoms with E-state index in [1.54, 1.807) is 6.07 Å². The van der Waals surface area contributed by atoms with E-state index < -0.39 is 5.97 Å². The number of rotatable bonds is 8. The number of ether oxygens (including phenoxy) is 2. The lowest BCUT2D eigenvalue weighted by molar-refractivity contribution is 0.0313. The number of nitrogens with zero attached hydrogens (tertiary/aromatic N) is 1. The molecule has 0 radical (unpaired) electrons. The molecule has 1 aromatic rings.